The molecule has 0 heteroatoms. The summed E-state index contributed by atoms with van der Waals surface area (Å²) in [5.41, 5.74) is 13.3. The zero-order chi connectivity index (χ0) is 33.5. The van der Waals surface area contributed by atoms with E-state index in [1.807, 2.05) is 0 Å². The summed E-state index contributed by atoms with van der Waals surface area (Å²) in [6.45, 7) is 0. The molecule has 0 N–H and O–H groups in total. The molecule has 236 valence electrons. The molecule has 0 spiro atoms. The van der Waals surface area contributed by atoms with E-state index in [0.717, 1.165) is 6.42 Å². The largest absolute Gasteiger partial charge is 0.0619 e. The van der Waals surface area contributed by atoms with Gasteiger partial charge in [0, 0.05) is 0 Å². The van der Waals surface area contributed by atoms with Gasteiger partial charge in [-0.15, -0.1) is 0 Å². The van der Waals surface area contributed by atoms with Crippen molar-refractivity contribution >= 4 is 53.9 Å². The number of fused-ring (bicyclic) bond motifs is 8. The molecule has 0 amide bonds. The number of benzene rings is 10. The Kier molecular flexibility index (Phi) is 6.12. The van der Waals surface area contributed by atoms with Crippen LogP contribution in [0.3, 0.4) is 0 Å². The van der Waals surface area contributed by atoms with Crippen LogP contribution in [0.5, 0.6) is 0 Å². The van der Waals surface area contributed by atoms with Gasteiger partial charge in [-0.25, -0.2) is 0 Å². The van der Waals surface area contributed by atoms with Gasteiger partial charge in [-0.1, -0.05) is 158 Å². The van der Waals surface area contributed by atoms with Gasteiger partial charge in [0.15, 0.2) is 0 Å². The van der Waals surface area contributed by atoms with E-state index in [4.69, 9.17) is 0 Å². The molecule has 10 aromatic carbocycles. The molecular weight excluding hydrogens is 613 g/mol. The van der Waals surface area contributed by atoms with E-state index in [2.05, 4.69) is 182 Å². The molecule has 0 bridgehead atoms. The highest BCUT2D eigenvalue weighted by Gasteiger charge is 2.25. The lowest BCUT2D eigenvalue weighted by atomic mass is 9.83. The summed E-state index contributed by atoms with van der Waals surface area (Å²) in [5, 5.41) is 12.7. The maximum absolute atomic E-state index is 2.50. The van der Waals surface area contributed by atoms with E-state index in [0.29, 0.717) is 0 Å². The lowest BCUT2D eigenvalue weighted by Crippen LogP contribution is -1.94. The number of hydrogen-bond acceptors (Lipinski definition) is 0. The minimum absolute atomic E-state index is 0.946. The Hall–Kier alpha value is -6.50. The zero-order valence-corrected chi connectivity index (χ0v) is 28.0. The first-order valence-electron chi connectivity index (χ1n) is 17.9. The Bertz CT molecular complexity index is 3050. The summed E-state index contributed by atoms with van der Waals surface area (Å²) in [5.74, 6) is 0. The van der Waals surface area contributed by atoms with Crippen molar-refractivity contribution in [2.45, 2.75) is 6.42 Å². The summed E-state index contributed by atoms with van der Waals surface area (Å²) in [6.07, 6.45) is 0.946. The first-order valence-corrected chi connectivity index (χ1v) is 17.9. The summed E-state index contributed by atoms with van der Waals surface area (Å²) < 4.78 is 0. The SMILES string of the molecule is c1ccc2c(c1)Cc1c-2cc2ccccc2c1-c1ccc2c(-c3ccc4ccccc4c3)c3ccccc3c(-c3ccc4ccccc4c3)c2c1. The fourth-order valence-corrected chi connectivity index (χ4v) is 8.92. The molecule has 1 aliphatic rings. The Morgan fingerprint density at radius 3 is 1.45 bits per heavy atom. The van der Waals surface area contributed by atoms with Crippen LogP contribution in [0, 0.1) is 0 Å². The van der Waals surface area contributed by atoms with Crippen molar-refractivity contribution in [2.24, 2.45) is 0 Å². The highest BCUT2D eigenvalue weighted by molar-refractivity contribution is 6.23. The smallest absolute Gasteiger partial charge is 0.000706 e. The van der Waals surface area contributed by atoms with Gasteiger partial charge in [-0.3, -0.25) is 0 Å². The highest BCUT2D eigenvalue weighted by Crippen LogP contribution is 2.49. The van der Waals surface area contributed by atoms with Crippen LogP contribution in [0.25, 0.3) is 98.4 Å². The summed E-state index contributed by atoms with van der Waals surface area (Å²) in [4.78, 5) is 0. The Morgan fingerprint density at radius 1 is 0.275 bits per heavy atom. The van der Waals surface area contributed by atoms with Crippen molar-refractivity contribution in [1.82, 2.24) is 0 Å². The van der Waals surface area contributed by atoms with E-state index in [1.165, 1.54) is 109 Å². The molecule has 0 nitrogen and oxygen atoms in total. The van der Waals surface area contributed by atoms with Gasteiger partial charge in [0.25, 0.3) is 0 Å². The van der Waals surface area contributed by atoms with Gasteiger partial charge in [0.1, 0.15) is 0 Å². The zero-order valence-electron chi connectivity index (χ0n) is 28.0. The van der Waals surface area contributed by atoms with Crippen molar-refractivity contribution in [3.05, 3.63) is 193 Å². The fraction of sp³-hybridized carbons (Fsp3) is 0.0196. The fourth-order valence-electron chi connectivity index (χ4n) is 8.92. The first kappa shape index (κ1) is 28.3. The Balaban J connectivity index is 1.27. The molecular formula is C51H32. The quantitative estimate of drug-likeness (QED) is 0.168. The van der Waals surface area contributed by atoms with Gasteiger partial charge in [0.05, 0.1) is 0 Å². The maximum atomic E-state index is 2.50. The normalized spacial score (nSPS) is 12.2. The maximum Gasteiger partial charge on any atom is -0.000706 e. The Morgan fingerprint density at radius 2 is 0.765 bits per heavy atom. The van der Waals surface area contributed by atoms with Gasteiger partial charge >= 0.3 is 0 Å². The molecule has 51 heavy (non-hydrogen) atoms. The first-order chi connectivity index (χ1) is 25.3. The van der Waals surface area contributed by atoms with Crippen molar-refractivity contribution in [3.63, 3.8) is 0 Å². The molecule has 11 rings (SSSR count). The van der Waals surface area contributed by atoms with Gasteiger partial charge in [-0.05, 0) is 140 Å². The lowest BCUT2D eigenvalue weighted by Gasteiger charge is -2.20. The van der Waals surface area contributed by atoms with E-state index in [-0.39, 0.29) is 0 Å². The van der Waals surface area contributed by atoms with Crippen LogP contribution in [0.1, 0.15) is 11.1 Å². The van der Waals surface area contributed by atoms with Gasteiger partial charge < -0.3 is 0 Å². The molecule has 0 saturated heterocycles. The lowest BCUT2D eigenvalue weighted by molar-refractivity contribution is 1.27. The molecule has 0 aliphatic heterocycles. The molecule has 0 heterocycles. The highest BCUT2D eigenvalue weighted by atomic mass is 14.3. The molecule has 0 unspecified atom stereocenters. The van der Waals surface area contributed by atoms with Crippen LogP contribution in [0.2, 0.25) is 0 Å². The predicted molar refractivity (Wildman–Crippen MR) is 219 cm³/mol. The molecule has 0 saturated carbocycles. The summed E-state index contributed by atoms with van der Waals surface area (Å²) >= 11 is 0. The standard InChI is InChI=1S/C51H32/c1-3-13-34-27-38(23-21-32(34)11-1)50-43-19-9-10-20-44(43)51(39-24-22-33-12-2-4-14-35(33)28-39)47-31-40(25-26-45(47)50)49-42-18-8-6-16-37(42)29-46-41-17-7-5-15-36(41)30-48(46)49/h1-29,31H,30H2. The molecule has 0 aromatic heterocycles. The topological polar surface area (TPSA) is 0 Å². The second-order valence-corrected chi connectivity index (χ2v) is 14.0. The number of hydrogen-bond donors (Lipinski definition) is 0. The average molecular weight is 645 g/mol. The molecule has 0 atom stereocenters. The molecule has 0 radical (unpaired) electrons. The van der Waals surface area contributed by atoms with Gasteiger partial charge in [0.2, 0.25) is 0 Å². The Labute approximate surface area is 296 Å². The van der Waals surface area contributed by atoms with Crippen LogP contribution >= 0.6 is 0 Å². The van der Waals surface area contributed by atoms with Gasteiger partial charge in [-0.2, -0.15) is 0 Å². The molecule has 10 aromatic rings. The van der Waals surface area contributed by atoms with Crippen molar-refractivity contribution < 1.29 is 0 Å². The van der Waals surface area contributed by atoms with E-state index < -0.39 is 0 Å². The minimum Gasteiger partial charge on any atom is -0.0619 e. The summed E-state index contributed by atoms with van der Waals surface area (Å²) in [6, 6.07) is 67.9. The minimum atomic E-state index is 0.946. The third-order valence-corrected chi connectivity index (χ3v) is 11.2. The van der Waals surface area contributed by atoms with Crippen LogP contribution in [-0.4, -0.2) is 0 Å². The molecule has 0 fully saturated rings. The predicted octanol–water partition coefficient (Wildman–Crippen LogP) is 14.0. The van der Waals surface area contributed by atoms with Crippen molar-refractivity contribution in [2.75, 3.05) is 0 Å². The van der Waals surface area contributed by atoms with E-state index in [9.17, 15) is 0 Å². The number of rotatable bonds is 3. The molecule has 1 aliphatic carbocycles. The average Bonchev–Trinajstić information content (AvgIpc) is 3.56. The van der Waals surface area contributed by atoms with E-state index >= 15 is 0 Å². The van der Waals surface area contributed by atoms with Crippen LogP contribution in [0.15, 0.2) is 182 Å². The second kappa shape index (κ2) is 11.0. The van der Waals surface area contributed by atoms with Crippen LogP contribution in [0.4, 0.5) is 0 Å². The monoisotopic (exact) mass is 644 g/mol. The second-order valence-electron chi connectivity index (χ2n) is 14.0. The van der Waals surface area contributed by atoms with Crippen molar-refractivity contribution in [1.29, 1.82) is 0 Å². The third kappa shape index (κ3) is 4.33. The van der Waals surface area contributed by atoms with E-state index in [1.54, 1.807) is 0 Å². The van der Waals surface area contributed by atoms with Crippen molar-refractivity contribution in [3.8, 4) is 44.5 Å². The van der Waals surface area contributed by atoms with Crippen LogP contribution < -0.4 is 0 Å². The summed E-state index contributed by atoms with van der Waals surface area (Å²) in [7, 11) is 0. The third-order valence-electron chi connectivity index (χ3n) is 11.2. The van der Waals surface area contributed by atoms with Crippen LogP contribution in [-0.2, 0) is 6.42 Å².